The molecule has 2 heterocycles. The molecule has 4 nitrogen and oxygen atoms in total. The van der Waals surface area contributed by atoms with Gasteiger partial charge < -0.3 is 0 Å². The van der Waals surface area contributed by atoms with E-state index in [4.69, 9.17) is 4.98 Å². The van der Waals surface area contributed by atoms with Crippen LogP contribution in [0.15, 0.2) is 47.4 Å². The lowest BCUT2D eigenvalue weighted by Gasteiger charge is -2.18. The summed E-state index contributed by atoms with van der Waals surface area (Å²) in [5, 5.41) is 0. The van der Waals surface area contributed by atoms with Gasteiger partial charge >= 0.3 is 0 Å². The lowest BCUT2D eigenvalue weighted by molar-refractivity contribution is 0.571. The average Bonchev–Trinajstić information content (AvgIpc) is 3.21. The zero-order chi connectivity index (χ0) is 16.3. The number of rotatable bonds is 2. The van der Waals surface area contributed by atoms with Gasteiger partial charge in [-0.15, -0.1) is 0 Å². The lowest BCUT2D eigenvalue weighted by Crippen LogP contribution is -2.26. The van der Waals surface area contributed by atoms with Gasteiger partial charge in [0.1, 0.15) is 11.6 Å². The second kappa shape index (κ2) is 4.97. The molecule has 5 heteroatoms. The van der Waals surface area contributed by atoms with E-state index in [0.29, 0.717) is 16.7 Å². The number of fused-ring (bicyclic) bond motifs is 2. The second-order valence-corrected chi connectivity index (χ2v) is 6.88. The van der Waals surface area contributed by atoms with Gasteiger partial charge in [0.25, 0.3) is 5.56 Å². The van der Waals surface area contributed by atoms with E-state index in [-0.39, 0.29) is 17.3 Å². The predicted molar refractivity (Wildman–Crippen MR) is 88.7 cm³/mol. The molecule has 3 atom stereocenters. The fourth-order valence-electron chi connectivity index (χ4n) is 4.07. The third kappa shape index (κ3) is 2.08. The first kappa shape index (κ1) is 13.8. The monoisotopic (exact) mass is 321 g/mol. The van der Waals surface area contributed by atoms with Crippen LogP contribution in [0.25, 0.3) is 16.7 Å². The molecule has 24 heavy (non-hydrogen) atoms. The van der Waals surface area contributed by atoms with Crippen molar-refractivity contribution >= 4 is 11.0 Å². The van der Waals surface area contributed by atoms with Crippen molar-refractivity contribution in [2.75, 3.05) is 0 Å². The van der Waals surface area contributed by atoms with Gasteiger partial charge in [0.2, 0.25) is 0 Å². The fraction of sp³-hybridized carbons (Fsp3) is 0.316. The Bertz CT molecular complexity index is 986. The quantitative estimate of drug-likeness (QED) is 0.726. The minimum Gasteiger partial charge on any atom is -0.266 e. The Kier molecular flexibility index (Phi) is 2.86. The van der Waals surface area contributed by atoms with E-state index in [9.17, 15) is 9.18 Å². The number of benzene rings is 1. The molecule has 2 aliphatic carbocycles. The molecule has 2 saturated carbocycles. The summed E-state index contributed by atoms with van der Waals surface area (Å²) < 4.78 is 14.9. The Morgan fingerprint density at radius 1 is 1.04 bits per heavy atom. The highest BCUT2D eigenvalue weighted by Gasteiger charge is 2.47. The lowest BCUT2D eigenvalue weighted by atomic mass is 10.0. The average molecular weight is 321 g/mol. The molecule has 3 aromatic rings. The molecular weight excluding hydrogens is 305 g/mol. The van der Waals surface area contributed by atoms with Crippen LogP contribution >= 0.6 is 0 Å². The first-order chi connectivity index (χ1) is 11.7. The van der Waals surface area contributed by atoms with Crippen molar-refractivity contribution in [1.29, 1.82) is 0 Å². The maximum atomic E-state index is 13.3. The third-order valence-corrected chi connectivity index (χ3v) is 5.35. The summed E-state index contributed by atoms with van der Waals surface area (Å²) in [5.41, 5.74) is 1.46. The van der Waals surface area contributed by atoms with E-state index in [1.807, 2.05) is 6.07 Å². The van der Waals surface area contributed by atoms with Crippen molar-refractivity contribution < 1.29 is 4.39 Å². The van der Waals surface area contributed by atoms with Crippen molar-refractivity contribution in [3.8, 4) is 5.69 Å². The molecule has 0 aliphatic heterocycles. The molecule has 0 radical (unpaired) electrons. The molecule has 0 saturated heterocycles. The van der Waals surface area contributed by atoms with E-state index >= 15 is 0 Å². The number of aromatic nitrogens is 3. The van der Waals surface area contributed by atoms with Crippen molar-refractivity contribution in [3.63, 3.8) is 0 Å². The molecule has 5 rings (SSSR count). The molecule has 2 aliphatic rings. The molecule has 120 valence electrons. The number of hydrogen-bond donors (Lipinski definition) is 0. The van der Waals surface area contributed by atoms with Crippen LogP contribution in [0.4, 0.5) is 4.39 Å². The highest BCUT2D eigenvalue weighted by atomic mass is 19.1. The van der Waals surface area contributed by atoms with Gasteiger partial charge in [-0.3, -0.25) is 9.36 Å². The summed E-state index contributed by atoms with van der Waals surface area (Å²) in [6, 6.07) is 9.64. The molecule has 0 unspecified atom stereocenters. The zero-order valence-electron chi connectivity index (χ0n) is 13.0. The van der Waals surface area contributed by atoms with Crippen molar-refractivity contribution in [2.45, 2.75) is 25.2 Å². The van der Waals surface area contributed by atoms with E-state index in [2.05, 4.69) is 4.98 Å². The molecule has 2 aromatic heterocycles. The van der Waals surface area contributed by atoms with Gasteiger partial charge in [-0.05, 0) is 67.5 Å². The summed E-state index contributed by atoms with van der Waals surface area (Å²) in [7, 11) is 0. The van der Waals surface area contributed by atoms with Crippen molar-refractivity contribution in [1.82, 2.24) is 14.5 Å². The molecule has 2 fully saturated rings. The maximum Gasteiger partial charge on any atom is 0.284 e. The predicted octanol–water partition coefficient (Wildman–Crippen LogP) is 3.43. The first-order valence-corrected chi connectivity index (χ1v) is 8.34. The number of hydrogen-bond acceptors (Lipinski definition) is 3. The summed E-state index contributed by atoms with van der Waals surface area (Å²) in [4.78, 5) is 22.0. The van der Waals surface area contributed by atoms with Crippen LogP contribution in [0.5, 0.6) is 0 Å². The normalized spacial score (nSPS) is 25.0. The van der Waals surface area contributed by atoms with Gasteiger partial charge in [0.15, 0.2) is 5.52 Å². The fourth-order valence-corrected chi connectivity index (χ4v) is 4.07. The van der Waals surface area contributed by atoms with Crippen molar-refractivity contribution in [2.24, 2.45) is 11.8 Å². The smallest absolute Gasteiger partial charge is 0.266 e. The Morgan fingerprint density at radius 2 is 1.79 bits per heavy atom. The van der Waals surface area contributed by atoms with Crippen LogP contribution in [0.2, 0.25) is 0 Å². The Morgan fingerprint density at radius 3 is 2.54 bits per heavy atom. The molecular formula is C19H16FN3O. The first-order valence-electron chi connectivity index (χ1n) is 8.34. The van der Waals surface area contributed by atoms with Crippen LogP contribution in [0.3, 0.4) is 0 Å². The Hall–Kier alpha value is -2.56. The van der Waals surface area contributed by atoms with Gasteiger partial charge in [0.05, 0.1) is 11.2 Å². The SMILES string of the molecule is O=c1c2ncccc2nc([C@@H]2C[C@@H]3C[C@@H]3C2)n1-c1ccc(F)cc1. The maximum absolute atomic E-state index is 13.3. The van der Waals surface area contributed by atoms with E-state index < -0.39 is 0 Å². The van der Waals surface area contributed by atoms with Gasteiger partial charge in [-0.1, -0.05) is 0 Å². The number of pyridine rings is 1. The third-order valence-electron chi connectivity index (χ3n) is 5.35. The van der Waals surface area contributed by atoms with E-state index in [1.54, 1.807) is 29.0 Å². The standard InChI is InChI=1S/C19H16FN3O/c20-14-3-5-15(6-4-14)23-18(13-9-11-8-12(11)10-13)22-16-2-1-7-21-17(16)19(23)24/h1-7,11-13H,8-10H2/t11-,12+,13+. The molecule has 1 aromatic carbocycles. The molecule has 0 amide bonds. The van der Waals surface area contributed by atoms with Gasteiger partial charge in [0, 0.05) is 12.1 Å². The number of nitrogens with zero attached hydrogens (tertiary/aromatic N) is 3. The van der Waals surface area contributed by atoms with Gasteiger partial charge in [-0.25, -0.2) is 14.4 Å². The minimum atomic E-state index is -0.317. The molecule has 0 N–H and O–H groups in total. The highest BCUT2D eigenvalue weighted by molar-refractivity contribution is 5.73. The van der Waals surface area contributed by atoms with Gasteiger partial charge in [-0.2, -0.15) is 0 Å². The zero-order valence-corrected chi connectivity index (χ0v) is 13.0. The molecule has 0 spiro atoms. The topological polar surface area (TPSA) is 47.8 Å². The van der Waals surface area contributed by atoms with Crippen molar-refractivity contribution in [3.05, 3.63) is 64.6 Å². The summed E-state index contributed by atoms with van der Waals surface area (Å²) in [6.45, 7) is 0. The van der Waals surface area contributed by atoms with Crippen LogP contribution in [-0.4, -0.2) is 14.5 Å². The molecule has 0 bridgehead atoms. The summed E-state index contributed by atoms with van der Waals surface area (Å²) in [6.07, 6.45) is 5.09. The highest BCUT2D eigenvalue weighted by Crippen LogP contribution is 2.57. The minimum absolute atomic E-state index is 0.178. The number of halogens is 1. The van der Waals surface area contributed by atoms with E-state index in [0.717, 1.165) is 30.5 Å². The van der Waals surface area contributed by atoms with E-state index in [1.165, 1.54) is 18.6 Å². The summed E-state index contributed by atoms with van der Waals surface area (Å²) in [5.74, 6) is 2.34. The second-order valence-electron chi connectivity index (χ2n) is 6.88. The summed E-state index contributed by atoms with van der Waals surface area (Å²) >= 11 is 0. The van der Waals surface area contributed by atoms with Crippen LogP contribution in [0.1, 0.15) is 31.0 Å². The van der Waals surface area contributed by atoms with Crippen LogP contribution in [-0.2, 0) is 0 Å². The van der Waals surface area contributed by atoms with Crippen LogP contribution < -0.4 is 5.56 Å². The largest absolute Gasteiger partial charge is 0.284 e. The Labute approximate surface area is 138 Å². The Balaban J connectivity index is 1.77. The van der Waals surface area contributed by atoms with Crippen LogP contribution in [0, 0.1) is 17.7 Å².